The molecule has 1 aliphatic heterocycles. The number of hydrogen-bond acceptors (Lipinski definition) is 6. The quantitative estimate of drug-likeness (QED) is 0.599. The Hall–Kier alpha value is -2.27. The molecule has 1 aliphatic rings. The van der Waals surface area contributed by atoms with E-state index in [9.17, 15) is 18.0 Å². The Morgan fingerprint density at radius 2 is 1.64 bits per heavy atom. The minimum Gasteiger partial charge on any atom is -0.382 e. The van der Waals surface area contributed by atoms with Crippen LogP contribution >= 0.6 is 0 Å². The van der Waals surface area contributed by atoms with Crippen molar-refractivity contribution in [1.29, 1.82) is 0 Å². The summed E-state index contributed by atoms with van der Waals surface area (Å²) < 4.78 is 37.4. The van der Waals surface area contributed by atoms with Gasteiger partial charge in [0.2, 0.25) is 15.5 Å². The fourth-order valence-electron chi connectivity index (χ4n) is 3.91. The average molecular weight is 482 g/mol. The predicted octanol–water partition coefficient (Wildman–Crippen LogP) is 1.89. The normalized spacial score (nSPS) is 14.9. The first-order chi connectivity index (χ1) is 15.7. The fraction of sp³-hybridized carbons (Fsp3) is 0.565. The molecule has 1 aromatic heterocycles. The van der Waals surface area contributed by atoms with Gasteiger partial charge in [-0.25, -0.2) is 8.42 Å². The molecule has 3 rings (SSSR count). The number of amides is 1. The van der Waals surface area contributed by atoms with Gasteiger partial charge >= 0.3 is 0 Å². The van der Waals surface area contributed by atoms with Crippen LogP contribution in [0.25, 0.3) is 10.9 Å². The van der Waals surface area contributed by atoms with Gasteiger partial charge in [0, 0.05) is 52.0 Å². The van der Waals surface area contributed by atoms with Crippen LogP contribution in [0.3, 0.4) is 0 Å². The Balaban J connectivity index is 0.00000187. The summed E-state index contributed by atoms with van der Waals surface area (Å²) in [6.07, 6.45) is 2.73. The number of methoxy groups -OCH3 is 2. The molecule has 0 spiro atoms. The first-order valence-corrected chi connectivity index (χ1v) is 12.9. The van der Waals surface area contributed by atoms with Crippen molar-refractivity contribution in [3.05, 3.63) is 45.7 Å². The topological polar surface area (TPSA) is 98.2 Å². The van der Waals surface area contributed by atoms with Crippen LogP contribution in [0.1, 0.15) is 35.8 Å². The van der Waals surface area contributed by atoms with Crippen molar-refractivity contribution in [3.8, 4) is 0 Å². The van der Waals surface area contributed by atoms with Gasteiger partial charge in [0.05, 0.1) is 31.0 Å². The van der Waals surface area contributed by atoms with Gasteiger partial charge in [0.15, 0.2) is 0 Å². The van der Waals surface area contributed by atoms with Crippen LogP contribution in [0.4, 0.5) is 0 Å². The summed E-state index contributed by atoms with van der Waals surface area (Å²) in [5, 5.41) is 0.456. The molecule has 0 atom stereocenters. The van der Waals surface area contributed by atoms with Crippen molar-refractivity contribution < 1.29 is 22.7 Å². The van der Waals surface area contributed by atoms with Gasteiger partial charge in [-0.05, 0) is 19.1 Å². The maximum absolute atomic E-state index is 13.3. The molecule has 0 aliphatic carbocycles. The maximum Gasteiger partial charge on any atom is 0.259 e. The summed E-state index contributed by atoms with van der Waals surface area (Å²) in [5.41, 5.74) is 1.34. The molecule has 0 radical (unpaired) electrons. The molecule has 1 aromatic carbocycles. The van der Waals surface area contributed by atoms with E-state index in [1.54, 1.807) is 26.5 Å². The van der Waals surface area contributed by atoms with E-state index < -0.39 is 15.9 Å². The third-order valence-corrected chi connectivity index (χ3v) is 6.83. The second-order valence-corrected chi connectivity index (χ2v) is 9.80. The highest BCUT2D eigenvalue weighted by atomic mass is 32.2. The lowest BCUT2D eigenvalue weighted by Crippen LogP contribution is -2.51. The zero-order valence-corrected chi connectivity index (χ0v) is 21.1. The summed E-state index contributed by atoms with van der Waals surface area (Å²) in [7, 11) is -0.134. The Kier molecular flexibility index (Phi) is 9.59. The molecule has 33 heavy (non-hydrogen) atoms. The van der Waals surface area contributed by atoms with Crippen molar-refractivity contribution in [2.45, 2.75) is 26.8 Å². The van der Waals surface area contributed by atoms with Gasteiger partial charge in [-0.15, -0.1) is 0 Å². The molecule has 2 heterocycles. The number of aromatic nitrogens is 1. The van der Waals surface area contributed by atoms with E-state index in [1.165, 1.54) is 9.21 Å². The first-order valence-electron chi connectivity index (χ1n) is 11.0. The zero-order valence-electron chi connectivity index (χ0n) is 20.3. The maximum atomic E-state index is 13.3. The Morgan fingerprint density at radius 3 is 2.15 bits per heavy atom. The number of pyridine rings is 1. The van der Waals surface area contributed by atoms with Crippen LogP contribution in [0.2, 0.25) is 0 Å². The third-order valence-electron chi connectivity index (χ3n) is 5.52. The highest BCUT2D eigenvalue weighted by Gasteiger charge is 2.29. The van der Waals surface area contributed by atoms with Crippen molar-refractivity contribution in [2.24, 2.45) is 0 Å². The van der Waals surface area contributed by atoms with E-state index in [0.29, 0.717) is 24.1 Å². The molecule has 1 amide bonds. The molecular weight excluding hydrogens is 446 g/mol. The summed E-state index contributed by atoms with van der Waals surface area (Å²) in [6.45, 7) is 7.47. The van der Waals surface area contributed by atoms with Crippen molar-refractivity contribution >= 4 is 26.8 Å². The molecule has 0 unspecified atom stereocenters. The Bertz CT molecular complexity index is 1110. The lowest BCUT2D eigenvalue weighted by atomic mass is 10.1. The number of carbonyl (C=O) groups is 1. The number of fused-ring (bicyclic) bond motifs is 1. The molecule has 0 bridgehead atoms. The number of piperazine rings is 1. The summed E-state index contributed by atoms with van der Waals surface area (Å²) in [6, 6.07) is 5.34. The van der Waals surface area contributed by atoms with Gasteiger partial charge < -0.3 is 18.9 Å². The molecule has 0 saturated carbocycles. The number of rotatable bonds is 7. The second kappa shape index (κ2) is 11.7. The van der Waals surface area contributed by atoms with Crippen LogP contribution in [0.5, 0.6) is 0 Å². The minimum absolute atomic E-state index is 0.0584. The number of benzene rings is 1. The largest absolute Gasteiger partial charge is 0.382 e. The number of sulfonamides is 1. The van der Waals surface area contributed by atoms with E-state index >= 15 is 0 Å². The Labute approximate surface area is 195 Å². The first kappa shape index (κ1) is 27.0. The van der Waals surface area contributed by atoms with Gasteiger partial charge in [0.1, 0.15) is 5.56 Å². The van der Waals surface area contributed by atoms with Gasteiger partial charge in [-0.1, -0.05) is 25.5 Å². The van der Waals surface area contributed by atoms with Gasteiger partial charge in [-0.3, -0.25) is 9.59 Å². The highest BCUT2D eigenvalue weighted by Crippen LogP contribution is 2.21. The molecular formula is C23H35N3O6S. The van der Waals surface area contributed by atoms with Crippen LogP contribution in [0, 0.1) is 6.92 Å². The van der Waals surface area contributed by atoms with E-state index in [0.717, 1.165) is 11.8 Å². The van der Waals surface area contributed by atoms with Crippen LogP contribution in [-0.4, -0.2) is 88.0 Å². The molecule has 184 valence electrons. The van der Waals surface area contributed by atoms with Crippen LogP contribution < -0.4 is 5.43 Å². The second-order valence-electron chi connectivity index (χ2n) is 7.82. The summed E-state index contributed by atoms with van der Waals surface area (Å²) >= 11 is 0. The number of nitrogens with zero attached hydrogens (tertiary/aromatic N) is 3. The van der Waals surface area contributed by atoms with E-state index in [2.05, 4.69) is 0 Å². The SMILES string of the molecule is CC.COCC(COC)n1cc(C(=O)N2CCN(S(C)(=O)=O)CC2)c(=O)c2cc(C)ccc21. The number of aryl methyl sites for hydroxylation is 1. The summed E-state index contributed by atoms with van der Waals surface area (Å²) in [4.78, 5) is 28.1. The van der Waals surface area contributed by atoms with E-state index in [4.69, 9.17) is 9.47 Å². The minimum atomic E-state index is -3.31. The van der Waals surface area contributed by atoms with E-state index in [-0.39, 0.29) is 43.2 Å². The molecule has 1 saturated heterocycles. The van der Waals surface area contributed by atoms with Crippen molar-refractivity contribution in [2.75, 3.05) is 59.9 Å². The molecule has 9 nitrogen and oxygen atoms in total. The fourth-order valence-corrected chi connectivity index (χ4v) is 4.74. The lowest BCUT2D eigenvalue weighted by molar-refractivity contribution is 0.0692. The Morgan fingerprint density at radius 1 is 1.06 bits per heavy atom. The monoisotopic (exact) mass is 481 g/mol. The third kappa shape index (κ3) is 6.20. The van der Waals surface area contributed by atoms with Crippen LogP contribution in [0.15, 0.2) is 29.2 Å². The summed E-state index contributed by atoms with van der Waals surface area (Å²) in [5.74, 6) is -0.399. The molecule has 10 heteroatoms. The number of ether oxygens (including phenoxy) is 2. The molecule has 0 N–H and O–H groups in total. The smallest absolute Gasteiger partial charge is 0.259 e. The zero-order chi connectivity index (χ0) is 24.8. The standard InChI is InChI=1S/C21H29N3O6S.C2H6/c1-15-5-6-19-17(11-15)20(25)18(12-24(19)16(13-29-2)14-30-3)21(26)22-7-9-23(10-8-22)31(4,27)28;1-2/h5-6,11-12,16H,7-10,13-14H2,1-4H3;1-2H3. The predicted molar refractivity (Wildman–Crippen MR) is 129 cm³/mol. The molecule has 2 aromatic rings. The van der Waals surface area contributed by atoms with E-state index in [1.807, 2.05) is 37.5 Å². The number of carbonyl (C=O) groups excluding carboxylic acids is 1. The van der Waals surface area contributed by atoms with Gasteiger partial charge in [0.25, 0.3) is 5.91 Å². The number of hydrogen-bond donors (Lipinski definition) is 0. The molecule has 1 fully saturated rings. The highest BCUT2D eigenvalue weighted by molar-refractivity contribution is 7.88. The van der Waals surface area contributed by atoms with Gasteiger partial charge in [-0.2, -0.15) is 4.31 Å². The lowest BCUT2D eigenvalue weighted by Gasteiger charge is -2.33. The van der Waals surface area contributed by atoms with Crippen LogP contribution in [-0.2, 0) is 19.5 Å². The van der Waals surface area contributed by atoms with Crippen molar-refractivity contribution in [3.63, 3.8) is 0 Å². The average Bonchev–Trinajstić information content (AvgIpc) is 2.80. The van der Waals surface area contributed by atoms with Crippen molar-refractivity contribution in [1.82, 2.24) is 13.8 Å².